The first-order chi connectivity index (χ1) is 12.8. The predicted octanol–water partition coefficient (Wildman–Crippen LogP) is 2.42. The van der Waals surface area contributed by atoms with Crippen LogP contribution in [-0.2, 0) is 24.4 Å². The molecule has 0 radical (unpaired) electrons. The average Bonchev–Trinajstić information content (AvgIpc) is 3.34. The van der Waals surface area contributed by atoms with Gasteiger partial charge in [0.2, 0.25) is 5.91 Å². The van der Waals surface area contributed by atoms with Crippen LogP contribution in [0.5, 0.6) is 0 Å². The number of carbonyl (C=O) groups is 1. The number of nitrogens with zero attached hydrogens (tertiary/aromatic N) is 2. The van der Waals surface area contributed by atoms with Gasteiger partial charge < -0.3 is 15.1 Å². The van der Waals surface area contributed by atoms with Crippen LogP contribution in [0.25, 0.3) is 0 Å². The SMILES string of the molecule is O=C(CC(c1ccccc1)c1ccco1)NCc1cc2n(n1)CCNC2. The van der Waals surface area contributed by atoms with Crippen molar-refractivity contribution in [2.45, 2.75) is 32.0 Å². The summed E-state index contributed by atoms with van der Waals surface area (Å²) in [5.74, 6) is 0.694. The Hall–Kier alpha value is -2.86. The lowest BCUT2D eigenvalue weighted by molar-refractivity contribution is -0.121. The zero-order chi connectivity index (χ0) is 17.8. The van der Waals surface area contributed by atoms with E-state index in [1.54, 1.807) is 6.26 Å². The summed E-state index contributed by atoms with van der Waals surface area (Å²) in [7, 11) is 0. The third kappa shape index (κ3) is 3.70. The number of rotatable bonds is 6. The maximum atomic E-state index is 12.5. The Kier molecular flexibility index (Phi) is 4.84. The number of amides is 1. The molecule has 1 aromatic carbocycles. The second-order valence-corrected chi connectivity index (χ2v) is 6.49. The highest BCUT2D eigenvalue weighted by Gasteiger charge is 2.21. The number of furan rings is 1. The lowest BCUT2D eigenvalue weighted by atomic mass is 9.93. The Morgan fingerprint density at radius 1 is 1.27 bits per heavy atom. The number of benzene rings is 1. The van der Waals surface area contributed by atoms with Gasteiger partial charge in [0, 0.05) is 19.5 Å². The first kappa shape index (κ1) is 16.6. The third-order valence-corrected chi connectivity index (χ3v) is 4.67. The number of nitrogens with one attached hydrogen (secondary N) is 2. The molecule has 2 aromatic heterocycles. The molecular weight excluding hydrogens is 328 g/mol. The van der Waals surface area contributed by atoms with E-state index in [2.05, 4.69) is 15.7 Å². The largest absolute Gasteiger partial charge is 0.469 e. The van der Waals surface area contributed by atoms with E-state index >= 15 is 0 Å². The normalized spacial score (nSPS) is 14.6. The average molecular weight is 350 g/mol. The van der Waals surface area contributed by atoms with Gasteiger partial charge in [-0.2, -0.15) is 5.10 Å². The molecule has 1 unspecified atom stereocenters. The van der Waals surface area contributed by atoms with Gasteiger partial charge in [0.05, 0.1) is 36.7 Å². The molecule has 1 aliphatic rings. The number of fused-ring (bicyclic) bond motifs is 1. The monoisotopic (exact) mass is 350 g/mol. The van der Waals surface area contributed by atoms with E-state index in [1.165, 1.54) is 5.69 Å². The van der Waals surface area contributed by atoms with Crippen molar-refractivity contribution in [2.24, 2.45) is 0 Å². The quantitative estimate of drug-likeness (QED) is 0.716. The zero-order valence-electron chi connectivity index (χ0n) is 14.5. The Labute approximate surface area is 152 Å². The van der Waals surface area contributed by atoms with E-state index in [1.807, 2.05) is 53.2 Å². The number of hydrogen-bond acceptors (Lipinski definition) is 4. The van der Waals surface area contributed by atoms with E-state index in [9.17, 15) is 4.79 Å². The van der Waals surface area contributed by atoms with Crippen molar-refractivity contribution in [3.63, 3.8) is 0 Å². The first-order valence-electron chi connectivity index (χ1n) is 8.91. The van der Waals surface area contributed by atoms with Crippen molar-refractivity contribution in [1.82, 2.24) is 20.4 Å². The molecule has 0 saturated carbocycles. The van der Waals surface area contributed by atoms with Crippen LogP contribution in [-0.4, -0.2) is 22.2 Å². The molecule has 0 saturated heterocycles. The van der Waals surface area contributed by atoms with Gasteiger partial charge in [0.25, 0.3) is 0 Å². The summed E-state index contributed by atoms with van der Waals surface area (Å²) in [6.45, 7) is 3.08. The Morgan fingerprint density at radius 3 is 2.92 bits per heavy atom. The fourth-order valence-electron chi connectivity index (χ4n) is 3.34. The van der Waals surface area contributed by atoms with Gasteiger partial charge >= 0.3 is 0 Å². The Morgan fingerprint density at radius 2 is 2.15 bits per heavy atom. The topological polar surface area (TPSA) is 72.1 Å². The molecule has 6 heteroatoms. The molecule has 6 nitrogen and oxygen atoms in total. The molecule has 4 rings (SSSR count). The van der Waals surface area contributed by atoms with Crippen molar-refractivity contribution < 1.29 is 9.21 Å². The second-order valence-electron chi connectivity index (χ2n) is 6.49. The van der Waals surface area contributed by atoms with E-state index in [0.717, 1.165) is 36.7 Å². The molecule has 0 bridgehead atoms. The summed E-state index contributed by atoms with van der Waals surface area (Å²) in [4.78, 5) is 12.5. The van der Waals surface area contributed by atoms with Crippen LogP contribution in [0.2, 0.25) is 0 Å². The summed E-state index contributed by atoms with van der Waals surface area (Å²) in [5, 5.41) is 10.9. The lowest BCUT2D eigenvalue weighted by Crippen LogP contribution is -2.28. The maximum absolute atomic E-state index is 12.5. The van der Waals surface area contributed by atoms with Gasteiger partial charge in [-0.3, -0.25) is 9.48 Å². The molecule has 0 spiro atoms. The standard InChI is InChI=1S/C20H22N4O2/c25-20(22-13-16-11-17-14-21-8-9-24(17)23-16)12-18(19-7-4-10-26-19)15-5-2-1-3-6-15/h1-7,10-11,18,21H,8-9,12-14H2,(H,22,25). The van der Waals surface area contributed by atoms with Gasteiger partial charge in [0.1, 0.15) is 5.76 Å². The van der Waals surface area contributed by atoms with Crippen LogP contribution in [0, 0.1) is 0 Å². The van der Waals surface area contributed by atoms with Crippen LogP contribution in [0.3, 0.4) is 0 Å². The fraction of sp³-hybridized carbons (Fsp3) is 0.300. The van der Waals surface area contributed by atoms with Crippen molar-refractivity contribution in [2.75, 3.05) is 6.54 Å². The van der Waals surface area contributed by atoms with Gasteiger partial charge in [0.15, 0.2) is 0 Å². The smallest absolute Gasteiger partial charge is 0.221 e. The van der Waals surface area contributed by atoms with Crippen molar-refractivity contribution >= 4 is 5.91 Å². The Bertz CT molecular complexity index is 832. The van der Waals surface area contributed by atoms with Crippen LogP contribution in [0.15, 0.2) is 59.2 Å². The summed E-state index contributed by atoms with van der Waals surface area (Å²) in [6, 6.07) is 15.8. The lowest BCUT2D eigenvalue weighted by Gasteiger charge is -2.15. The number of hydrogen-bond donors (Lipinski definition) is 2. The molecule has 1 atom stereocenters. The highest BCUT2D eigenvalue weighted by atomic mass is 16.3. The first-order valence-corrected chi connectivity index (χ1v) is 8.91. The molecular formula is C20H22N4O2. The van der Waals surface area contributed by atoms with E-state index in [0.29, 0.717) is 13.0 Å². The molecule has 0 fully saturated rings. The molecule has 26 heavy (non-hydrogen) atoms. The summed E-state index contributed by atoms with van der Waals surface area (Å²) < 4.78 is 7.57. The molecule has 3 aromatic rings. The minimum Gasteiger partial charge on any atom is -0.469 e. The number of carbonyl (C=O) groups excluding carboxylic acids is 1. The minimum atomic E-state index is -0.0920. The van der Waals surface area contributed by atoms with E-state index in [-0.39, 0.29) is 11.8 Å². The van der Waals surface area contributed by atoms with Crippen molar-refractivity contribution in [3.05, 3.63) is 77.5 Å². The van der Waals surface area contributed by atoms with Crippen LogP contribution < -0.4 is 10.6 Å². The van der Waals surface area contributed by atoms with Gasteiger partial charge in [-0.25, -0.2) is 0 Å². The molecule has 1 amide bonds. The fourth-order valence-corrected chi connectivity index (χ4v) is 3.34. The van der Waals surface area contributed by atoms with Crippen molar-refractivity contribution in [3.8, 4) is 0 Å². The predicted molar refractivity (Wildman–Crippen MR) is 97.4 cm³/mol. The molecule has 2 N–H and O–H groups in total. The number of aromatic nitrogens is 2. The third-order valence-electron chi connectivity index (χ3n) is 4.67. The molecule has 134 valence electrons. The molecule has 3 heterocycles. The highest BCUT2D eigenvalue weighted by Crippen LogP contribution is 2.28. The van der Waals surface area contributed by atoms with E-state index in [4.69, 9.17) is 4.42 Å². The van der Waals surface area contributed by atoms with Gasteiger partial charge in [-0.05, 0) is 23.8 Å². The Balaban J connectivity index is 1.41. The van der Waals surface area contributed by atoms with Gasteiger partial charge in [-0.1, -0.05) is 30.3 Å². The van der Waals surface area contributed by atoms with Crippen molar-refractivity contribution in [1.29, 1.82) is 0 Å². The van der Waals surface area contributed by atoms with Gasteiger partial charge in [-0.15, -0.1) is 0 Å². The molecule has 0 aliphatic carbocycles. The highest BCUT2D eigenvalue weighted by molar-refractivity contribution is 5.77. The minimum absolute atomic E-state index is 0.0145. The zero-order valence-corrected chi connectivity index (χ0v) is 14.5. The van der Waals surface area contributed by atoms with Crippen LogP contribution in [0.4, 0.5) is 0 Å². The van der Waals surface area contributed by atoms with Crippen LogP contribution >= 0.6 is 0 Å². The maximum Gasteiger partial charge on any atom is 0.221 e. The summed E-state index contributed by atoms with van der Waals surface area (Å²) >= 11 is 0. The van der Waals surface area contributed by atoms with Crippen LogP contribution in [0.1, 0.15) is 35.1 Å². The second kappa shape index (κ2) is 7.58. The van der Waals surface area contributed by atoms with E-state index < -0.39 is 0 Å². The summed E-state index contributed by atoms with van der Waals surface area (Å²) in [6.07, 6.45) is 1.99. The molecule has 1 aliphatic heterocycles. The summed E-state index contributed by atoms with van der Waals surface area (Å²) in [5.41, 5.74) is 3.13.